The van der Waals surface area contributed by atoms with E-state index in [-0.39, 0.29) is 0 Å². The molecule has 0 fully saturated rings. The molecule has 86 valence electrons. The zero-order chi connectivity index (χ0) is 12.0. The Hall–Kier alpha value is -1.04. The van der Waals surface area contributed by atoms with E-state index in [1.807, 2.05) is 44.2 Å². The number of halogens is 1. The van der Waals surface area contributed by atoms with Gasteiger partial charge in [0.25, 0.3) is 0 Å². The van der Waals surface area contributed by atoms with Crippen molar-refractivity contribution in [1.29, 1.82) is 0 Å². The van der Waals surface area contributed by atoms with Crippen molar-refractivity contribution in [2.24, 2.45) is 0 Å². The smallest absolute Gasteiger partial charge is 0.411 e. The van der Waals surface area contributed by atoms with Crippen LogP contribution in [0.15, 0.2) is 35.9 Å². The number of benzene rings is 1. The van der Waals surface area contributed by atoms with Crippen molar-refractivity contribution in [3.05, 3.63) is 39.5 Å². The molecule has 1 N–H and O–H groups in total. The zero-order valence-corrected chi connectivity index (χ0v) is 11.4. The summed E-state index contributed by atoms with van der Waals surface area (Å²) in [7, 11) is 0. The minimum atomic E-state index is -0.432. The number of allylic oxidation sites excluding steroid dienone is 1. The van der Waals surface area contributed by atoms with Gasteiger partial charge in [-0.3, -0.25) is 5.32 Å². The molecule has 0 aliphatic rings. The molecule has 0 heterocycles. The van der Waals surface area contributed by atoms with Gasteiger partial charge in [0.2, 0.25) is 0 Å². The fraction of sp³-hybridized carbons (Fsp3) is 0.250. The van der Waals surface area contributed by atoms with Gasteiger partial charge in [0, 0.05) is 9.26 Å². The summed E-state index contributed by atoms with van der Waals surface area (Å²) in [5.41, 5.74) is 1.87. The van der Waals surface area contributed by atoms with Crippen LogP contribution < -0.4 is 5.32 Å². The first kappa shape index (κ1) is 13.0. The molecule has 0 aromatic heterocycles. The lowest BCUT2D eigenvalue weighted by Gasteiger charge is -2.05. The van der Waals surface area contributed by atoms with Gasteiger partial charge in [-0.25, -0.2) is 4.79 Å². The summed E-state index contributed by atoms with van der Waals surface area (Å²) in [6.45, 7) is 4.22. The number of rotatable bonds is 3. The number of hydrogen-bond donors (Lipinski definition) is 1. The van der Waals surface area contributed by atoms with Gasteiger partial charge in [-0.1, -0.05) is 5.57 Å². The fourth-order valence-electron chi connectivity index (χ4n) is 0.971. The van der Waals surface area contributed by atoms with Crippen molar-refractivity contribution in [1.82, 2.24) is 0 Å². The second-order valence-electron chi connectivity index (χ2n) is 3.51. The molecule has 16 heavy (non-hydrogen) atoms. The van der Waals surface area contributed by atoms with Crippen molar-refractivity contribution in [2.75, 3.05) is 11.9 Å². The fourth-order valence-corrected chi connectivity index (χ4v) is 1.33. The van der Waals surface area contributed by atoms with Crippen LogP contribution in [0.5, 0.6) is 0 Å². The molecule has 0 atom stereocenters. The van der Waals surface area contributed by atoms with Gasteiger partial charge < -0.3 is 4.74 Å². The first-order valence-electron chi connectivity index (χ1n) is 4.90. The molecule has 1 aromatic carbocycles. The van der Waals surface area contributed by atoms with Gasteiger partial charge in [0.05, 0.1) is 0 Å². The van der Waals surface area contributed by atoms with Crippen molar-refractivity contribution in [3.8, 4) is 0 Å². The quantitative estimate of drug-likeness (QED) is 0.676. The van der Waals surface area contributed by atoms with Crippen LogP contribution in [0.3, 0.4) is 0 Å². The average Bonchev–Trinajstić information content (AvgIpc) is 2.21. The molecule has 0 bridgehead atoms. The monoisotopic (exact) mass is 331 g/mol. The first-order valence-corrected chi connectivity index (χ1v) is 5.98. The third-order valence-corrected chi connectivity index (χ3v) is 2.52. The SMILES string of the molecule is CC(C)=CCOC(=O)Nc1ccc(I)cc1. The minimum absolute atomic E-state index is 0.304. The maximum Gasteiger partial charge on any atom is 0.411 e. The summed E-state index contributed by atoms with van der Waals surface area (Å²) < 4.78 is 6.08. The molecule has 0 spiro atoms. The van der Waals surface area contributed by atoms with Crippen molar-refractivity contribution < 1.29 is 9.53 Å². The normalized spacial score (nSPS) is 9.44. The number of hydrogen-bond acceptors (Lipinski definition) is 2. The molecule has 0 saturated heterocycles. The van der Waals surface area contributed by atoms with Crippen LogP contribution in [-0.4, -0.2) is 12.7 Å². The van der Waals surface area contributed by atoms with Crippen LogP contribution in [0.25, 0.3) is 0 Å². The molecule has 1 aromatic rings. The van der Waals surface area contributed by atoms with E-state index in [2.05, 4.69) is 27.9 Å². The Morgan fingerprint density at radius 2 is 2.00 bits per heavy atom. The molecule has 4 heteroatoms. The van der Waals surface area contributed by atoms with Crippen molar-refractivity contribution in [2.45, 2.75) is 13.8 Å². The summed E-state index contributed by atoms with van der Waals surface area (Å²) in [5, 5.41) is 2.65. The lowest BCUT2D eigenvalue weighted by atomic mass is 10.3. The van der Waals surface area contributed by atoms with E-state index < -0.39 is 6.09 Å². The molecule has 0 unspecified atom stereocenters. The number of nitrogens with one attached hydrogen (secondary N) is 1. The number of ether oxygens (including phenoxy) is 1. The highest BCUT2D eigenvalue weighted by Crippen LogP contribution is 2.11. The van der Waals surface area contributed by atoms with Gasteiger partial charge in [0.15, 0.2) is 0 Å². The molecular weight excluding hydrogens is 317 g/mol. The highest BCUT2D eigenvalue weighted by Gasteiger charge is 2.01. The van der Waals surface area contributed by atoms with E-state index in [0.717, 1.165) is 14.8 Å². The minimum Gasteiger partial charge on any atom is -0.445 e. The van der Waals surface area contributed by atoms with Gasteiger partial charge >= 0.3 is 6.09 Å². The Kier molecular flexibility index (Phi) is 5.31. The third-order valence-electron chi connectivity index (χ3n) is 1.80. The van der Waals surface area contributed by atoms with Crippen LogP contribution in [-0.2, 0) is 4.74 Å². The van der Waals surface area contributed by atoms with E-state index in [1.54, 1.807) is 0 Å². The van der Waals surface area contributed by atoms with Crippen LogP contribution in [0.4, 0.5) is 10.5 Å². The highest BCUT2D eigenvalue weighted by atomic mass is 127. The Balaban J connectivity index is 2.40. The Bertz CT molecular complexity index is 381. The summed E-state index contributed by atoms with van der Waals surface area (Å²) >= 11 is 2.21. The van der Waals surface area contributed by atoms with Gasteiger partial charge in [-0.2, -0.15) is 0 Å². The van der Waals surface area contributed by atoms with E-state index >= 15 is 0 Å². The molecule has 0 saturated carbocycles. The molecule has 0 aliphatic heterocycles. The molecule has 3 nitrogen and oxygen atoms in total. The summed E-state index contributed by atoms with van der Waals surface area (Å²) in [5.74, 6) is 0. The zero-order valence-electron chi connectivity index (χ0n) is 9.29. The predicted octanol–water partition coefficient (Wildman–Crippen LogP) is 3.81. The summed E-state index contributed by atoms with van der Waals surface area (Å²) in [6, 6.07) is 7.52. The van der Waals surface area contributed by atoms with Gasteiger partial charge in [0.1, 0.15) is 6.61 Å². The maximum absolute atomic E-state index is 11.3. The number of carbonyl (C=O) groups excluding carboxylic acids is 1. The van der Waals surface area contributed by atoms with Crippen LogP contribution >= 0.6 is 22.6 Å². The summed E-state index contributed by atoms with van der Waals surface area (Å²) in [6.07, 6.45) is 1.42. The van der Waals surface area contributed by atoms with E-state index in [4.69, 9.17) is 4.74 Å². The van der Waals surface area contributed by atoms with Crippen LogP contribution in [0.1, 0.15) is 13.8 Å². The van der Waals surface area contributed by atoms with Crippen LogP contribution in [0, 0.1) is 3.57 Å². The van der Waals surface area contributed by atoms with Crippen molar-refractivity contribution >= 4 is 34.4 Å². The van der Waals surface area contributed by atoms with E-state index in [0.29, 0.717) is 6.61 Å². The molecule has 1 amide bonds. The number of carbonyl (C=O) groups is 1. The lowest BCUT2D eigenvalue weighted by molar-refractivity contribution is 0.174. The lowest BCUT2D eigenvalue weighted by Crippen LogP contribution is -2.13. The molecular formula is C12H14INO2. The largest absolute Gasteiger partial charge is 0.445 e. The highest BCUT2D eigenvalue weighted by molar-refractivity contribution is 14.1. The molecule has 1 rings (SSSR count). The topological polar surface area (TPSA) is 38.3 Å². The average molecular weight is 331 g/mol. The second kappa shape index (κ2) is 6.52. The first-order chi connectivity index (χ1) is 7.58. The van der Waals surface area contributed by atoms with Crippen molar-refractivity contribution in [3.63, 3.8) is 0 Å². The van der Waals surface area contributed by atoms with E-state index in [9.17, 15) is 4.79 Å². The third kappa shape index (κ3) is 5.16. The Labute approximate surface area is 109 Å². The Morgan fingerprint density at radius 1 is 1.38 bits per heavy atom. The maximum atomic E-state index is 11.3. The van der Waals surface area contributed by atoms with Crippen LogP contribution in [0.2, 0.25) is 0 Å². The van der Waals surface area contributed by atoms with E-state index in [1.165, 1.54) is 0 Å². The Morgan fingerprint density at radius 3 is 2.56 bits per heavy atom. The summed E-state index contributed by atoms with van der Waals surface area (Å²) in [4.78, 5) is 11.3. The standard InChI is InChI=1S/C12H14INO2/c1-9(2)7-8-16-12(15)14-11-5-3-10(13)4-6-11/h3-7H,8H2,1-2H3,(H,14,15). The predicted molar refractivity (Wildman–Crippen MR) is 73.6 cm³/mol. The van der Waals surface area contributed by atoms with Gasteiger partial charge in [-0.15, -0.1) is 0 Å². The number of amides is 1. The number of anilines is 1. The molecule has 0 aliphatic carbocycles. The second-order valence-corrected chi connectivity index (χ2v) is 4.76. The van der Waals surface area contributed by atoms with Gasteiger partial charge in [-0.05, 0) is 66.8 Å². The molecule has 0 radical (unpaired) electrons.